The second-order valence-corrected chi connectivity index (χ2v) is 10.3. The molecule has 0 saturated carbocycles. The third-order valence-corrected chi connectivity index (χ3v) is 7.20. The molecule has 3 rings (SSSR count). The van der Waals surface area contributed by atoms with Gasteiger partial charge in [0.05, 0.1) is 4.90 Å². The highest BCUT2D eigenvalue weighted by molar-refractivity contribution is 7.89. The summed E-state index contributed by atoms with van der Waals surface area (Å²) in [5.41, 5.74) is 4.20. The first-order valence-electron chi connectivity index (χ1n) is 10.9. The molecule has 1 unspecified atom stereocenters. The molecule has 0 amide bonds. The van der Waals surface area contributed by atoms with Crippen molar-refractivity contribution in [2.24, 2.45) is 0 Å². The average molecular weight is 486 g/mol. The van der Waals surface area contributed by atoms with Crippen LogP contribution in [0.4, 0.5) is 0 Å². The molecule has 1 atom stereocenters. The molecular formula is C26H28ClNO4S. The Balaban J connectivity index is 1.80. The van der Waals surface area contributed by atoms with Crippen LogP contribution in [-0.2, 0) is 27.7 Å². The van der Waals surface area contributed by atoms with Crippen molar-refractivity contribution >= 4 is 27.6 Å². The van der Waals surface area contributed by atoms with E-state index in [0.717, 1.165) is 28.7 Å². The first-order chi connectivity index (χ1) is 15.7. The van der Waals surface area contributed by atoms with Gasteiger partial charge in [-0.25, -0.2) is 13.1 Å². The molecule has 2 N–H and O–H groups in total. The van der Waals surface area contributed by atoms with E-state index >= 15 is 0 Å². The number of carbonyl (C=O) groups is 1. The number of nitrogens with one attached hydrogen (secondary N) is 1. The number of aryl methyl sites for hydroxylation is 3. The summed E-state index contributed by atoms with van der Waals surface area (Å²) in [6.07, 6.45) is 2.66. The van der Waals surface area contributed by atoms with Gasteiger partial charge in [0, 0.05) is 17.5 Å². The maximum Gasteiger partial charge on any atom is 0.303 e. The Morgan fingerprint density at radius 3 is 2.30 bits per heavy atom. The summed E-state index contributed by atoms with van der Waals surface area (Å²) < 4.78 is 29.0. The van der Waals surface area contributed by atoms with Crippen molar-refractivity contribution in [1.82, 2.24) is 4.72 Å². The lowest BCUT2D eigenvalue weighted by molar-refractivity contribution is -0.137. The zero-order valence-corrected chi connectivity index (χ0v) is 20.1. The second-order valence-electron chi connectivity index (χ2n) is 8.14. The minimum atomic E-state index is -3.74. The van der Waals surface area contributed by atoms with Crippen molar-refractivity contribution in [3.63, 3.8) is 0 Å². The lowest BCUT2D eigenvalue weighted by Crippen LogP contribution is -2.29. The van der Waals surface area contributed by atoms with E-state index in [-0.39, 0.29) is 11.3 Å². The van der Waals surface area contributed by atoms with Gasteiger partial charge in [0.2, 0.25) is 10.0 Å². The normalized spacial score (nSPS) is 12.4. The first-order valence-corrected chi connectivity index (χ1v) is 12.7. The molecule has 0 fully saturated rings. The predicted molar refractivity (Wildman–Crippen MR) is 131 cm³/mol. The summed E-state index contributed by atoms with van der Waals surface area (Å²) in [5.74, 6) is -0.806. The van der Waals surface area contributed by atoms with Crippen LogP contribution in [-0.4, -0.2) is 19.5 Å². The number of sulfonamides is 1. The van der Waals surface area contributed by atoms with Crippen LogP contribution in [0.15, 0.2) is 77.7 Å². The number of hydrogen-bond acceptors (Lipinski definition) is 3. The van der Waals surface area contributed by atoms with Crippen LogP contribution >= 0.6 is 11.6 Å². The summed E-state index contributed by atoms with van der Waals surface area (Å²) in [4.78, 5) is 10.9. The van der Waals surface area contributed by atoms with Crippen molar-refractivity contribution < 1.29 is 18.3 Å². The highest BCUT2D eigenvalue weighted by Gasteiger charge is 2.21. The molecule has 7 heteroatoms. The molecule has 33 heavy (non-hydrogen) atoms. The fourth-order valence-electron chi connectivity index (χ4n) is 3.70. The molecule has 0 heterocycles. The minimum absolute atomic E-state index is 0.127. The molecular weight excluding hydrogens is 458 g/mol. The molecule has 0 radical (unpaired) electrons. The molecule has 0 aromatic heterocycles. The average Bonchev–Trinajstić information content (AvgIpc) is 2.77. The molecule has 0 aliphatic carbocycles. The number of rotatable bonds is 11. The van der Waals surface area contributed by atoms with Gasteiger partial charge in [0.15, 0.2) is 0 Å². The smallest absolute Gasteiger partial charge is 0.303 e. The van der Waals surface area contributed by atoms with Crippen LogP contribution in [0.3, 0.4) is 0 Å². The Kier molecular flexibility index (Phi) is 8.67. The van der Waals surface area contributed by atoms with E-state index in [1.807, 2.05) is 49.4 Å². The van der Waals surface area contributed by atoms with E-state index in [9.17, 15) is 13.2 Å². The highest BCUT2D eigenvalue weighted by Crippen LogP contribution is 2.24. The molecule has 0 bridgehead atoms. The third-order valence-electron chi connectivity index (χ3n) is 5.46. The van der Waals surface area contributed by atoms with Crippen molar-refractivity contribution in [2.75, 3.05) is 0 Å². The van der Waals surface area contributed by atoms with Gasteiger partial charge in [-0.2, -0.15) is 0 Å². The first kappa shape index (κ1) is 25.0. The second kappa shape index (κ2) is 11.5. The van der Waals surface area contributed by atoms with Crippen LogP contribution in [0.25, 0.3) is 0 Å². The molecule has 0 saturated heterocycles. The number of halogens is 1. The molecule has 174 valence electrons. The Hall–Kier alpha value is -2.67. The van der Waals surface area contributed by atoms with E-state index in [2.05, 4.69) is 10.8 Å². The third kappa shape index (κ3) is 7.70. The summed E-state index contributed by atoms with van der Waals surface area (Å²) in [7, 11) is -3.74. The summed E-state index contributed by atoms with van der Waals surface area (Å²) in [6, 6.07) is 21.6. The Labute approximate surface area is 200 Å². The van der Waals surface area contributed by atoms with Gasteiger partial charge in [-0.1, -0.05) is 65.7 Å². The van der Waals surface area contributed by atoms with Crippen LogP contribution in [0.1, 0.15) is 47.6 Å². The number of carboxylic acid groups (broad SMARTS) is 1. The number of benzene rings is 3. The molecule has 3 aromatic carbocycles. The van der Waals surface area contributed by atoms with Gasteiger partial charge in [0.25, 0.3) is 0 Å². The Bertz CT molecular complexity index is 1180. The van der Waals surface area contributed by atoms with E-state index in [4.69, 9.17) is 16.7 Å². The van der Waals surface area contributed by atoms with Crippen LogP contribution in [0, 0.1) is 6.92 Å². The zero-order valence-electron chi connectivity index (χ0n) is 18.5. The summed E-state index contributed by atoms with van der Waals surface area (Å²) in [6.45, 7) is 2.04. The van der Waals surface area contributed by atoms with E-state index in [0.29, 0.717) is 24.3 Å². The summed E-state index contributed by atoms with van der Waals surface area (Å²) in [5, 5.41) is 9.30. The van der Waals surface area contributed by atoms with Crippen LogP contribution in [0.5, 0.6) is 0 Å². The largest absolute Gasteiger partial charge is 0.481 e. The quantitative estimate of drug-likeness (QED) is 0.364. The van der Waals surface area contributed by atoms with Crippen LogP contribution in [0.2, 0.25) is 5.02 Å². The minimum Gasteiger partial charge on any atom is -0.481 e. The fraction of sp³-hybridized carbons (Fsp3) is 0.269. The fourth-order valence-corrected chi connectivity index (χ4v) is 5.09. The molecule has 0 spiro atoms. The van der Waals surface area contributed by atoms with Gasteiger partial charge < -0.3 is 5.11 Å². The maximum atomic E-state index is 13.1. The Morgan fingerprint density at radius 2 is 1.67 bits per heavy atom. The number of aliphatic carboxylic acids is 1. The van der Waals surface area contributed by atoms with E-state index < -0.39 is 22.0 Å². The predicted octanol–water partition coefficient (Wildman–Crippen LogP) is 5.71. The monoisotopic (exact) mass is 485 g/mol. The SMILES string of the molecule is Cc1cccc(CCC(NS(=O)(=O)c2ccc(Cl)cc2)c2ccc(CCCC(=O)O)cc2)c1. The molecule has 0 aliphatic heterocycles. The number of carboxylic acids is 1. The number of hydrogen-bond donors (Lipinski definition) is 2. The van der Waals surface area contributed by atoms with Crippen molar-refractivity contribution in [3.8, 4) is 0 Å². The molecule has 0 aliphatic rings. The molecule has 5 nitrogen and oxygen atoms in total. The van der Waals surface area contributed by atoms with Gasteiger partial charge >= 0.3 is 5.97 Å². The zero-order chi connectivity index (χ0) is 23.8. The van der Waals surface area contributed by atoms with Gasteiger partial charge in [-0.05, 0) is 73.6 Å². The highest BCUT2D eigenvalue weighted by atomic mass is 35.5. The van der Waals surface area contributed by atoms with Gasteiger partial charge in [-0.3, -0.25) is 4.79 Å². The van der Waals surface area contributed by atoms with Crippen LogP contribution < -0.4 is 4.72 Å². The maximum absolute atomic E-state index is 13.1. The van der Waals surface area contributed by atoms with Gasteiger partial charge in [0.1, 0.15) is 0 Å². The van der Waals surface area contributed by atoms with E-state index in [1.165, 1.54) is 12.1 Å². The topological polar surface area (TPSA) is 83.5 Å². The van der Waals surface area contributed by atoms with E-state index in [1.54, 1.807) is 12.1 Å². The standard InChI is InChI=1S/C26H28ClNO4S/c1-19-4-2-6-21(18-19)10-17-25(28-33(31,32)24-15-13-23(27)14-16-24)22-11-8-20(9-12-22)5-3-7-26(29)30/h2,4,6,8-9,11-16,18,25,28H,3,5,7,10,17H2,1H3,(H,29,30). The lowest BCUT2D eigenvalue weighted by Gasteiger charge is -2.20. The van der Waals surface area contributed by atoms with Crippen molar-refractivity contribution in [2.45, 2.75) is 50.0 Å². The van der Waals surface area contributed by atoms with Gasteiger partial charge in [-0.15, -0.1) is 0 Å². The Morgan fingerprint density at radius 1 is 0.970 bits per heavy atom. The van der Waals surface area contributed by atoms with Crippen molar-refractivity contribution in [1.29, 1.82) is 0 Å². The lowest BCUT2D eigenvalue weighted by atomic mass is 9.97. The summed E-state index contributed by atoms with van der Waals surface area (Å²) >= 11 is 5.91. The molecule has 3 aromatic rings. The van der Waals surface area contributed by atoms with Crippen molar-refractivity contribution in [3.05, 3.63) is 100 Å².